The molecule has 0 aliphatic rings. The number of phenolic OH excluding ortho intramolecular Hbond substituents is 1. The van der Waals surface area contributed by atoms with E-state index in [1.165, 1.54) is 51.4 Å². The van der Waals surface area contributed by atoms with E-state index in [4.69, 9.17) is 9.47 Å². The molecular formula is C38H58Cl2N2O5. The molecule has 0 spiro atoms. The molecule has 3 aromatic rings. The van der Waals surface area contributed by atoms with Gasteiger partial charge in [0, 0.05) is 18.5 Å². The Balaban J connectivity index is 0.00000552. The van der Waals surface area contributed by atoms with Gasteiger partial charge in [0.1, 0.15) is 5.75 Å². The second kappa shape index (κ2) is 23.7. The van der Waals surface area contributed by atoms with Crippen LogP contribution in [0.15, 0.2) is 42.5 Å². The minimum atomic E-state index is -0.387. The summed E-state index contributed by atoms with van der Waals surface area (Å²) in [4.78, 5) is 30.6. The molecule has 0 saturated carbocycles. The van der Waals surface area contributed by atoms with E-state index in [0.717, 1.165) is 68.3 Å². The van der Waals surface area contributed by atoms with Crippen molar-refractivity contribution in [1.29, 1.82) is 0 Å². The number of aromatic hydroxyl groups is 1. The van der Waals surface area contributed by atoms with Gasteiger partial charge in [-0.25, -0.2) is 9.59 Å². The molecule has 0 radical (unpaired) electrons. The Morgan fingerprint density at radius 2 is 0.957 bits per heavy atom. The summed E-state index contributed by atoms with van der Waals surface area (Å²) in [5.74, 6) is -0.691. The number of ether oxygens (including phenoxy) is 2. The second-order valence-electron chi connectivity index (χ2n) is 12.2. The van der Waals surface area contributed by atoms with Gasteiger partial charge in [-0.15, -0.1) is 24.8 Å². The lowest BCUT2D eigenvalue weighted by molar-refractivity contribution is 0.0478. The summed E-state index contributed by atoms with van der Waals surface area (Å²) in [5, 5.41) is 13.9. The van der Waals surface area contributed by atoms with E-state index in [2.05, 4.69) is 37.5 Å². The van der Waals surface area contributed by atoms with E-state index in [0.29, 0.717) is 29.7 Å². The number of unbranched alkanes of at least 4 members (excludes halogenated alkanes) is 4. The highest BCUT2D eigenvalue weighted by Gasteiger charge is 2.15. The van der Waals surface area contributed by atoms with Crippen LogP contribution in [0.2, 0.25) is 0 Å². The third-order valence-electron chi connectivity index (χ3n) is 8.42. The Morgan fingerprint density at radius 3 is 1.40 bits per heavy atom. The van der Waals surface area contributed by atoms with Crippen LogP contribution in [0.3, 0.4) is 0 Å². The normalized spacial score (nSPS) is 11.1. The number of nitrogens with zero attached hydrogens (tertiary/aromatic N) is 2. The van der Waals surface area contributed by atoms with Crippen LogP contribution in [0.4, 0.5) is 0 Å². The molecule has 9 heteroatoms. The second-order valence-corrected chi connectivity index (χ2v) is 12.2. The maximum Gasteiger partial charge on any atom is 0.338 e. The van der Waals surface area contributed by atoms with Crippen LogP contribution in [0.25, 0.3) is 21.5 Å². The van der Waals surface area contributed by atoms with Crippen molar-refractivity contribution in [3.63, 3.8) is 0 Å². The lowest BCUT2D eigenvalue weighted by Gasteiger charge is -2.21. The zero-order chi connectivity index (χ0) is 32.4. The van der Waals surface area contributed by atoms with Crippen LogP contribution in [0.5, 0.6) is 5.75 Å². The summed E-state index contributed by atoms with van der Waals surface area (Å²) < 4.78 is 11.2. The Labute approximate surface area is 295 Å². The van der Waals surface area contributed by atoms with Crippen molar-refractivity contribution >= 4 is 58.3 Å². The first-order chi connectivity index (χ1) is 21.9. The maximum atomic E-state index is 12.8. The first-order valence-electron chi connectivity index (χ1n) is 17.4. The topological polar surface area (TPSA) is 79.3 Å². The molecule has 0 saturated heterocycles. The van der Waals surface area contributed by atoms with E-state index in [1.54, 1.807) is 30.3 Å². The minimum Gasteiger partial charge on any atom is -0.507 e. The standard InChI is InChI=1S/C38H56N2O5.2ClH/c1-5-9-19-39(20-10-6-2)23-13-25-44-37(42)30-15-17-33-32(27-30)29-36(41)35-28-31(16-18-34(33)35)38(43)45-26-14-24-40(21-11-7-3)22-12-8-4;;/h15-18,27-29,41H,5-14,19-26H2,1-4H3;2*1H. The fourth-order valence-corrected chi connectivity index (χ4v) is 5.67. The van der Waals surface area contributed by atoms with Crippen LogP contribution >= 0.6 is 24.8 Å². The molecule has 3 rings (SSSR count). The van der Waals surface area contributed by atoms with Crippen molar-refractivity contribution in [3.8, 4) is 5.75 Å². The van der Waals surface area contributed by atoms with Gasteiger partial charge in [-0.05, 0) is 111 Å². The van der Waals surface area contributed by atoms with Crippen molar-refractivity contribution in [2.75, 3.05) is 52.5 Å². The average Bonchev–Trinajstić information content (AvgIpc) is 3.06. The number of rotatable bonds is 22. The highest BCUT2D eigenvalue weighted by molar-refractivity contribution is 6.13. The third-order valence-corrected chi connectivity index (χ3v) is 8.42. The predicted octanol–water partition coefficient (Wildman–Crippen LogP) is 9.44. The highest BCUT2D eigenvalue weighted by Crippen LogP contribution is 2.34. The highest BCUT2D eigenvalue weighted by atomic mass is 35.5. The van der Waals surface area contributed by atoms with Crippen molar-refractivity contribution in [1.82, 2.24) is 9.80 Å². The quantitative estimate of drug-likeness (QED) is 0.0638. The van der Waals surface area contributed by atoms with Crippen LogP contribution < -0.4 is 0 Å². The summed E-state index contributed by atoms with van der Waals surface area (Å²) in [6.45, 7) is 15.8. The number of halogens is 2. The Bertz CT molecular complexity index is 1340. The van der Waals surface area contributed by atoms with Crippen LogP contribution in [0.1, 0.15) is 113 Å². The van der Waals surface area contributed by atoms with E-state index in [1.807, 2.05) is 12.1 Å². The number of hydrogen-bond donors (Lipinski definition) is 1. The lowest BCUT2D eigenvalue weighted by atomic mass is 9.98. The minimum absolute atomic E-state index is 0. The first kappa shape index (κ1) is 42.4. The van der Waals surface area contributed by atoms with E-state index >= 15 is 0 Å². The summed E-state index contributed by atoms with van der Waals surface area (Å²) >= 11 is 0. The van der Waals surface area contributed by atoms with Gasteiger partial charge in [-0.2, -0.15) is 0 Å². The molecule has 3 aromatic carbocycles. The van der Waals surface area contributed by atoms with Crippen molar-refractivity contribution in [2.45, 2.75) is 91.9 Å². The van der Waals surface area contributed by atoms with Crippen LogP contribution in [0, 0.1) is 0 Å². The number of carbonyl (C=O) groups is 2. The summed E-state index contributed by atoms with van der Waals surface area (Å²) in [7, 11) is 0. The maximum absolute atomic E-state index is 12.8. The molecular weight excluding hydrogens is 635 g/mol. The molecule has 0 heterocycles. The fraction of sp³-hybridized carbons (Fsp3) is 0.579. The molecule has 0 atom stereocenters. The van der Waals surface area contributed by atoms with E-state index < -0.39 is 0 Å². The van der Waals surface area contributed by atoms with E-state index in [-0.39, 0.29) is 42.5 Å². The molecule has 0 aromatic heterocycles. The molecule has 0 fully saturated rings. The molecule has 0 aliphatic carbocycles. The molecule has 264 valence electrons. The lowest BCUT2D eigenvalue weighted by Crippen LogP contribution is -2.28. The van der Waals surface area contributed by atoms with Gasteiger partial charge in [0.05, 0.1) is 24.3 Å². The zero-order valence-corrected chi connectivity index (χ0v) is 30.7. The molecule has 1 N–H and O–H groups in total. The molecule has 7 nitrogen and oxygen atoms in total. The number of esters is 2. The van der Waals surface area contributed by atoms with Gasteiger partial charge in [0.15, 0.2) is 0 Å². The van der Waals surface area contributed by atoms with Gasteiger partial charge < -0.3 is 24.4 Å². The number of carbonyl (C=O) groups excluding carboxylic acids is 2. The van der Waals surface area contributed by atoms with Crippen LogP contribution in [-0.4, -0.2) is 79.3 Å². The smallest absolute Gasteiger partial charge is 0.338 e. The number of fused-ring (bicyclic) bond motifs is 3. The molecule has 0 amide bonds. The average molecular weight is 694 g/mol. The first-order valence-corrected chi connectivity index (χ1v) is 17.4. The molecule has 0 aliphatic heterocycles. The number of phenols is 1. The Hall–Kier alpha value is -2.58. The molecule has 0 bridgehead atoms. The fourth-order valence-electron chi connectivity index (χ4n) is 5.67. The number of hydrogen-bond acceptors (Lipinski definition) is 7. The van der Waals surface area contributed by atoms with Gasteiger partial charge >= 0.3 is 11.9 Å². The van der Waals surface area contributed by atoms with Crippen molar-refractivity contribution in [2.24, 2.45) is 0 Å². The van der Waals surface area contributed by atoms with E-state index in [9.17, 15) is 14.7 Å². The summed E-state index contributed by atoms with van der Waals surface area (Å²) in [5.41, 5.74) is 0.868. The Kier molecular flexibility index (Phi) is 21.4. The van der Waals surface area contributed by atoms with Gasteiger partial charge in [-0.1, -0.05) is 65.5 Å². The number of benzene rings is 3. The SMILES string of the molecule is CCCCN(CCCC)CCCOC(=O)c1ccc2c(c1)cc(O)c1cc(C(=O)OCCCN(CCCC)CCCC)ccc12.Cl.Cl. The van der Waals surface area contributed by atoms with Crippen molar-refractivity contribution in [3.05, 3.63) is 53.6 Å². The largest absolute Gasteiger partial charge is 0.507 e. The van der Waals surface area contributed by atoms with Crippen LogP contribution in [-0.2, 0) is 9.47 Å². The Morgan fingerprint density at radius 1 is 0.553 bits per heavy atom. The van der Waals surface area contributed by atoms with Gasteiger partial charge in [0.25, 0.3) is 0 Å². The molecule has 47 heavy (non-hydrogen) atoms. The van der Waals surface area contributed by atoms with Gasteiger partial charge in [-0.3, -0.25) is 0 Å². The zero-order valence-electron chi connectivity index (χ0n) is 29.1. The molecule has 0 unspecified atom stereocenters. The third kappa shape index (κ3) is 13.8. The van der Waals surface area contributed by atoms with Gasteiger partial charge in [0.2, 0.25) is 0 Å². The van der Waals surface area contributed by atoms with Crippen molar-refractivity contribution < 1.29 is 24.2 Å². The predicted molar refractivity (Wildman–Crippen MR) is 200 cm³/mol. The summed E-state index contributed by atoms with van der Waals surface area (Å²) in [6, 6.07) is 12.3. The monoisotopic (exact) mass is 692 g/mol. The summed E-state index contributed by atoms with van der Waals surface area (Å²) in [6.07, 6.45) is 11.0.